The number of anilines is 1. The minimum Gasteiger partial charge on any atom is -0.342 e. The van der Waals surface area contributed by atoms with Gasteiger partial charge in [0.15, 0.2) is 11.0 Å². The first kappa shape index (κ1) is 26.1. The van der Waals surface area contributed by atoms with E-state index >= 15 is 0 Å². The number of rotatable bonds is 10. The predicted molar refractivity (Wildman–Crippen MR) is 138 cm³/mol. The Morgan fingerprint density at radius 3 is 2.53 bits per heavy atom. The number of nitrogens with zero attached hydrogens (tertiary/aromatic N) is 3. The van der Waals surface area contributed by atoms with Crippen LogP contribution in [0.3, 0.4) is 0 Å². The minimum absolute atomic E-state index is 0.158. The summed E-state index contributed by atoms with van der Waals surface area (Å²) in [7, 11) is 0. The number of carbonyl (C=O) groups excluding carboxylic acids is 2. The molecule has 0 fully saturated rings. The Hall–Kier alpha value is -2.55. The zero-order valence-corrected chi connectivity index (χ0v) is 21.5. The van der Waals surface area contributed by atoms with Gasteiger partial charge < -0.3 is 15.2 Å². The molecule has 2 aromatic carbocycles. The third kappa shape index (κ3) is 6.98. The SMILES string of the molecule is CCn1c(SCC(=O)Nc2cccc(Cl)c2)nnc1[C@@H](CC(C)C)NC(=O)c1ccccc1Cl. The molecule has 7 nitrogen and oxygen atoms in total. The maximum Gasteiger partial charge on any atom is 0.253 e. The van der Waals surface area contributed by atoms with Crippen molar-refractivity contribution in [2.75, 3.05) is 11.1 Å². The Balaban J connectivity index is 1.74. The number of carbonyl (C=O) groups is 2. The number of nitrogens with one attached hydrogen (secondary N) is 2. The molecule has 34 heavy (non-hydrogen) atoms. The van der Waals surface area contributed by atoms with Crippen LogP contribution in [0.5, 0.6) is 0 Å². The van der Waals surface area contributed by atoms with Gasteiger partial charge >= 0.3 is 0 Å². The summed E-state index contributed by atoms with van der Waals surface area (Å²) >= 11 is 13.5. The summed E-state index contributed by atoms with van der Waals surface area (Å²) in [5.41, 5.74) is 1.04. The summed E-state index contributed by atoms with van der Waals surface area (Å²) in [6, 6.07) is 13.6. The summed E-state index contributed by atoms with van der Waals surface area (Å²) in [5, 5.41) is 16.1. The molecule has 0 aliphatic carbocycles. The number of amides is 2. The topological polar surface area (TPSA) is 88.9 Å². The van der Waals surface area contributed by atoms with Crippen molar-refractivity contribution in [3.8, 4) is 0 Å². The fourth-order valence-corrected chi connectivity index (χ4v) is 4.66. The maximum absolute atomic E-state index is 12.9. The maximum atomic E-state index is 12.9. The molecule has 0 radical (unpaired) electrons. The van der Waals surface area contributed by atoms with Gasteiger partial charge in [-0.3, -0.25) is 9.59 Å². The Bertz CT molecular complexity index is 1150. The quantitative estimate of drug-likeness (QED) is 0.327. The van der Waals surface area contributed by atoms with Crippen LogP contribution in [-0.2, 0) is 11.3 Å². The van der Waals surface area contributed by atoms with Crippen LogP contribution in [0.2, 0.25) is 10.0 Å². The van der Waals surface area contributed by atoms with Crippen molar-refractivity contribution in [2.45, 2.75) is 44.9 Å². The number of aromatic nitrogens is 3. The average Bonchev–Trinajstić information content (AvgIpc) is 3.20. The van der Waals surface area contributed by atoms with Gasteiger partial charge in [0.05, 0.1) is 22.4 Å². The largest absolute Gasteiger partial charge is 0.342 e. The fraction of sp³-hybridized carbons (Fsp3) is 0.333. The van der Waals surface area contributed by atoms with E-state index in [2.05, 4.69) is 34.7 Å². The van der Waals surface area contributed by atoms with E-state index in [9.17, 15) is 9.59 Å². The van der Waals surface area contributed by atoms with E-state index in [1.807, 2.05) is 11.5 Å². The Labute approximate surface area is 213 Å². The van der Waals surface area contributed by atoms with Gasteiger partial charge in [-0.05, 0) is 49.6 Å². The second kappa shape index (κ2) is 12.2. The lowest BCUT2D eigenvalue weighted by molar-refractivity contribution is -0.113. The molecule has 0 saturated heterocycles. The molecule has 0 unspecified atom stereocenters. The third-order valence-electron chi connectivity index (χ3n) is 4.95. The van der Waals surface area contributed by atoms with Gasteiger partial charge in [0, 0.05) is 17.3 Å². The summed E-state index contributed by atoms with van der Waals surface area (Å²) in [5.74, 6) is 0.667. The van der Waals surface area contributed by atoms with Crippen LogP contribution in [0.4, 0.5) is 5.69 Å². The second-order valence-corrected chi connectivity index (χ2v) is 9.85. The lowest BCUT2D eigenvalue weighted by Gasteiger charge is -2.21. The van der Waals surface area contributed by atoms with Crippen LogP contribution < -0.4 is 10.6 Å². The van der Waals surface area contributed by atoms with Crippen molar-refractivity contribution >= 4 is 52.5 Å². The average molecular weight is 520 g/mol. The first-order chi connectivity index (χ1) is 16.3. The standard InChI is InChI=1S/C24H27Cl2N5O2S/c1-4-31-22(20(12-15(2)3)28-23(33)18-10-5-6-11-19(18)26)29-30-24(31)34-14-21(32)27-17-9-7-8-16(25)13-17/h5-11,13,15,20H,4,12,14H2,1-3H3,(H,27,32)(H,28,33)/t20-/m1/s1. The third-order valence-corrected chi connectivity index (χ3v) is 6.48. The van der Waals surface area contributed by atoms with Crippen molar-refractivity contribution < 1.29 is 9.59 Å². The van der Waals surface area contributed by atoms with Gasteiger partial charge in [-0.1, -0.05) is 67.0 Å². The molecule has 2 amide bonds. The molecule has 0 aliphatic rings. The molecule has 0 spiro atoms. The summed E-state index contributed by atoms with van der Waals surface area (Å²) < 4.78 is 1.93. The molecule has 0 bridgehead atoms. The molecule has 3 rings (SSSR count). The number of thioether (sulfide) groups is 1. The molecule has 1 aromatic heterocycles. The summed E-state index contributed by atoms with van der Waals surface area (Å²) in [6.45, 7) is 6.73. The zero-order valence-electron chi connectivity index (χ0n) is 19.2. The first-order valence-corrected chi connectivity index (χ1v) is 12.7. The molecule has 10 heteroatoms. The normalized spacial score (nSPS) is 11.9. The van der Waals surface area contributed by atoms with E-state index in [4.69, 9.17) is 23.2 Å². The highest BCUT2D eigenvalue weighted by Crippen LogP contribution is 2.26. The van der Waals surface area contributed by atoms with Gasteiger partial charge in [-0.2, -0.15) is 0 Å². The number of hydrogen-bond donors (Lipinski definition) is 2. The van der Waals surface area contributed by atoms with Crippen LogP contribution in [0, 0.1) is 5.92 Å². The van der Waals surface area contributed by atoms with E-state index < -0.39 is 0 Å². The van der Waals surface area contributed by atoms with Crippen molar-refractivity contribution in [3.05, 3.63) is 70.0 Å². The smallest absolute Gasteiger partial charge is 0.253 e. The Kier molecular flexibility index (Phi) is 9.38. The van der Waals surface area contributed by atoms with E-state index in [0.717, 1.165) is 0 Å². The van der Waals surface area contributed by atoms with E-state index in [1.54, 1.807) is 48.5 Å². The van der Waals surface area contributed by atoms with Gasteiger partial charge in [0.2, 0.25) is 5.91 Å². The molecular weight excluding hydrogens is 493 g/mol. The Morgan fingerprint density at radius 2 is 1.85 bits per heavy atom. The van der Waals surface area contributed by atoms with Crippen molar-refractivity contribution in [3.63, 3.8) is 0 Å². The highest BCUT2D eigenvalue weighted by molar-refractivity contribution is 7.99. The molecule has 1 heterocycles. The number of halogens is 2. The van der Waals surface area contributed by atoms with Gasteiger partial charge in [-0.25, -0.2) is 0 Å². The summed E-state index contributed by atoms with van der Waals surface area (Å²) in [6.07, 6.45) is 0.675. The van der Waals surface area contributed by atoms with Crippen LogP contribution in [0.25, 0.3) is 0 Å². The fourth-order valence-electron chi connectivity index (χ4n) is 3.44. The predicted octanol–water partition coefficient (Wildman–Crippen LogP) is 5.85. The van der Waals surface area contributed by atoms with Gasteiger partial charge in [0.1, 0.15) is 0 Å². The molecule has 2 N–H and O–H groups in total. The molecule has 0 saturated carbocycles. The lowest BCUT2D eigenvalue weighted by Crippen LogP contribution is -2.31. The van der Waals surface area contributed by atoms with E-state index in [1.165, 1.54) is 11.8 Å². The molecule has 180 valence electrons. The monoisotopic (exact) mass is 519 g/mol. The summed E-state index contributed by atoms with van der Waals surface area (Å²) in [4.78, 5) is 25.3. The van der Waals surface area contributed by atoms with Crippen molar-refractivity contribution in [1.82, 2.24) is 20.1 Å². The van der Waals surface area contributed by atoms with Crippen LogP contribution >= 0.6 is 35.0 Å². The van der Waals surface area contributed by atoms with E-state index in [0.29, 0.717) is 51.2 Å². The number of benzene rings is 2. The molecule has 1 atom stereocenters. The van der Waals surface area contributed by atoms with Crippen molar-refractivity contribution in [2.24, 2.45) is 5.92 Å². The number of hydrogen-bond acceptors (Lipinski definition) is 5. The van der Waals surface area contributed by atoms with Crippen LogP contribution in [0.15, 0.2) is 53.7 Å². The lowest BCUT2D eigenvalue weighted by atomic mass is 10.0. The molecule has 3 aromatic rings. The van der Waals surface area contributed by atoms with E-state index in [-0.39, 0.29) is 23.6 Å². The highest BCUT2D eigenvalue weighted by atomic mass is 35.5. The Morgan fingerprint density at radius 1 is 1.09 bits per heavy atom. The molecular formula is C24H27Cl2N5O2S. The zero-order chi connectivity index (χ0) is 24.7. The second-order valence-electron chi connectivity index (χ2n) is 8.07. The van der Waals surface area contributed by atoms with Gasteiger partial charge in [-0.15, -0.1) is 10.2 Å². The minimum atomic E-state index is -0.356. The van der Waals surface area contributed by atoms with Crippen LogP contribution in [0.1, 0.15) is 49.4 Å². The molecule has 0 aliphatic heterocycles. The highest BCUT2D eigenvalue weighted by Gasteiger charge is 2.25. The van der Waals surface area contributed by atoms with Gasteiger partial charge in [0.25, 0.3) is 5.91 Å². The first-order valence-electron chi connectivity index (χ1n) is 10.9. The van der Waals surface area contributed by atoms with Crippen molar-refractivity contribution in [1.29, 1.82) is 0 Å². The van der Waals surface area contributed by atoms with Crippen LogP contribution in [-0.4, -0.2) is 32.3 Å².